The lowest BCUT2D eigenvalue weighted by Gasteiger charge is -2.40. The summed E-state index contributed by atoms with van der Waals surface area (Å²) in [5.74, 6) is -2.86. The molecule has 3 fully saturated rings. The van der Waals surface area contributed by atoms with Gasteiger partial charge in [-0.25, -0.2) is 0 Å². The number of likely N-dealkylation sites (tertiary alicyclic amines) is 1. The van der Waals surface area contributed by atoms with Gasteiger partial charge in [0.1, 0.15) is 17.6 Å². The number of morpholine rings is 1. The Bertz CT molecular complexity index is 962. The van der Waals surface area contributed by atoms with Gasteiger partial charge in [-0.05, 0) is 25.2 Å². The number of fused-ring (bicyclic) bond motifs is 2. The van der Waals surface area contributed by atoms with Gasteiger partial charge in [-0.2, -0.15) is 0 Å². The summed E-state index contributed by atoms with van der Waals surface area (Å²) in [5.41, 5.74) is -1.31. The van der Waals surface area contributed by atoms with Crippen LogP contribution in [0.2, 0.25) is 0 Å². The van der Waals surface area contributed by atoms with Crippen LogP contribution in [0.4, 0.5) is 0 Å². The minimum Gasteiger partial charge on any atom is -0.465 e. The van der Waals surface area contributed by atoms with Gasteiger partial charge < -0.3 is 29.1 Å². The largest absolute Gasteiger partial charge is 0.465 e. The van der Waals surface area contributed by atoms with Crippen LogP contribution in [-0.4, -0.2) is 121 Å². The van der Waals surface area contributed by atoms with Crippen LogP contribution >= 0.6 is 0 Å². The second kappa shape index (κ2) is 11.5. The van der Waals surface area contributed by atoms with Gasteiger partial charge in [0.05, 0.1) is 44.5 Å². The molecule has 0 aliphatic carbocycles. The summed E-state index contributed by atoms with van der Waals surface area (Å²) < 4.78 is 17.7. The average molecular weight is 532 g/mol. The monoisotopic (exact) mass is 531 g/mol. The van der Waals surface area contributed by atoms with E-state index in [0.29, 0.717) is 39.5 Å². The molecule has 5 rings (SSSR count). The third-order valence-electron chi connectivity index (χ3n) is 8.73. The Morgan fingerprint density at radius 3 is 2.58 bits per heavy atom. The predicted molar refractivity (Wildman–Crippen MR) is 138 cm³/mol. The number of nitrogens with zero attached hydrogens (tertiary/aromatic N) is 3. The average Bonchev–Trinajstić information content (AvgIpc) is 3.29. The first-order valence-corrected chi connectivity index (χ1v) is 14.1. The number of carbonyl (C=O) groups excluding carboxylic acids is 3. The summed E-state index contributed by atoms with van der Waals surface area (Å²) in [4.78, 5) is 47.5. The van der Waals surface area contributed by atoms with E-state index in [4.69, 9.17) is 14.2 Å². The van der Waals surface area contributed by atoms with Crippen molar-refractivity contribution in [1.29, 1.82) is 0 Å². The first-order valence-electron chi connectivity index (χ1n) is 14.1. The van der Waals surface area contributed by atoms with Gasteiger partial charge in [0.15, 0.2) is 0 Å². The molecule has 0 saturated carbocycles. The fourth-order valence-electron chi connectivity index (χ4n) is 6.67. The van der Waals surface area contributed by atoms with E-state index >= 15 is 0 Å². The van der Waals surface area contributed by atoms with Gasteiger partial charge in [-0.3, -0.25) is 19.3 Å². The van der Waals surface area contributed by atoms with Crippen LogP contribution in [0.1, 0.15) is 33.1 Å². The highest BCUT2D eigenvalue weighted by molar-refractivity contribution is 5.99. The molecule has 0 aromatic rings. The molecule has 2 amide bonds. The third kappa shape index (κ3) is 4.80. The van der Waals surface area contributed by atoms with Crippen LogP contribution in [0.25, 0.3) is 0 Å². The smallest absolute Gasteiger partial charge is 0.312 e. The standard InChI is InChI=1S/C28H41N3O7/c1-19(2)20(18-32)31-24-26(34)30(12-11-29-13-16-36-17-14-29)10-7-9-28(24)23(25(31)33)22-21(38-28)8-5-3-4-6-15-37-27(22)35/h5,7-9,19-24,32H,3-4,6,10-18H2,1-2H3/b8-5-/t20-,21+,22-,23-,24?,28-/m0/s1. The van der Waals surface area contributed by atoms with E-state index in [1.54, 1.807) is 4.90 Å². The van der Waals surface area contributed by atoms with Crippen LogP contribution in [0, 0.1) is 17.8 Å². The molecule has 5 aliphatic rings. The van der Waals surface area contributed by atoms with Crippen molar-refractivity contribution in [3.8, 4) is 0 Å². The first kappa shape index (κ1) is 27.3. The second-order valence-corrected chi connectivity index (χ2v) is 11.3. The van der Waals surface area contributed by atoms with Crippen molar-refractivity contribution in [1.82, 2.24) is 14.7 Å². The lowest BCUT2D eigenvalue weighted by Crippen LogP contribution is -2.59. The Hall–Kier alpha value is -2.27. The maximum absolute atomic E-state index is 14.3. The molecule has 3 saturated heterocycles. The number of aliphatic hydroxyl groups is 1. The summed E-state index contributed by atoms with van der Waals surface area (Å²) in [6.07, 6.45) is 9.43. The number of carbonyl (C=O) groups is 3. The van der Waals surface area contributed by atoms with Crippen LogP contribution in [0.3, 0.4) is 0 Å². The highest BCUT2D eigenvalue weighted by Gasteiger charge is 2.72. The number of allylic oxidation sites excluding steroid dienone is 1. The summed E-state index contributed by atoms with van der Waals surface area (Å²) >= 11 is 0. The molecule has 38 heavy (non-hydrogen) atoms. The predicted octanol–water partition coefficient (Wildman–Crippen LogP) is 0.598. The van der Waals surface area contributed by atoms with Crippen molar-refractivity contribution in [2.45, 2.75) is 56.9 Å². The Kier molecular flexibility index (Phi) is 8.23. The molecule has 1 unspecified atom stereocenters. The summed E-state index contributed by atoms with van der Waals surface area (Å²) in [6.45, 7) is 8.44. The van der Waals surface area contributed by atoms with Crippen molar-refractivity contribution in [2.24, 2.45) is 17.8 Å². The van der Waals surface area contributed by atoms with Crippen molar-refractivity contribution in [2.75, 3.05) is 59.2 Å². The minimum absolute atomic E-state index is 0.103. The van der Waals surface area contributed by atoms with Gasteiger partial charge in [0.2, 0.25) is 11.8 Å². The van der Waals surface area contributed by atoms with E-state index in [0.717, 1.165) is 32.4 Å². The van der Waals surface area contributed by atoms with Crippen LogP contribution in [0.5, 0.6) is 0 Å². The van der Waals surface area contributed by atoms with Gasteiger partial charge in [-0.1, -0.05) is 38.2 Å². The van der Waals surface area contributed by atoms with Gasteiger partial charge in [0.25, 0.3) is 0 Å². The lowest BCUT2D eigenvalue weighted by atomic mass is 9.78. The Labute approximate surface area is 224 Å². The molecular weight excluding hydrogens is 490 g/mol. The molecule has 1 spiro atoms. The number of hydrogen-bond acceptors (Lipinski definition) is 8. The highest BCUT2D eigenvalue weighted by Crippen LogP contribution is 2.53. The SMILES string of the molecule is CC(C)[C@H](CO)N1C(=O)[C@@H]2[C@H]3C(=O)OCCCC/C=C\[C@H]3O[C@@]23C=CCN(CCN2CCOCC2)C(=O)C13. The Morgan fingerprint density at radius 2 is 1.84 bits per heavy atom. The van der Waals surface area contributed by atoms with E-state index in [2.05, 4.69) is 4.90 Å². The molecule has 0 bridgehead atoms. The normalized spacial score (nSPS) is 35.9. The Morgan fingerprint density at radius 1 is 1.05 bits per heavy atom. The Balaban J connectivity index is 1.52. The molecule has 210 valence electrons. The minimum atomic E-state index is -1.31. The molecule has 5 aliphatic heterocycles. The molecule has 1 N–H and O–H groups in total. The molecule has 0 aromatic carbocycles. The van der Waals surface area contributed by atoms with Crippen molar-refractivity contribution >= 4 is 17.8 Å². The molecule has 5 heterocycles. The zero-order chi connectivity index (χ0) is 26.9. The van der Waals surface area contributed by atoms with Crippen LogP contribution < -0.4 is 0 Å². The number of ether oxygens (including phenoxy) is 3. The van der Waals surface area contributed by atoms with Gasteiger partial charge in [0, 0.05) is 32.7 Å². The quantitative estimate of drug-likeness (QED) is 0.392. The number of amides is 2. The molecule has 10 nitrogen and oxygen atoms in total. The number of esters is 1. The summed E-state index contributed by atoms with van der Waals surface area (Å²) in [6, 6.07) is -1.55. The molecule has 0 aromatic heterocycles. The number of hydrogen-bond donors (Lipinski definition) is 1. The zero-order valence-corrected chi connectivity index (χ0v) is 22.5. The number of rotatable bonds is 6. The lowest BCUT2D eigenvalue weighted by molar-refractivity contribution is -0.157. The summed E-state index contributed by atoms with van der Waals surface area (Å²) in [7, 11) is 0. The van der Waals surface area contributed by atoms with E-state index in [1.807, 2.05) is 38.2 Å². The topological polar surface area (TPSA) is 109 Å². The van der Waals surface area contributed by atoms with E-state index in [9.17, 15) is 19.5 Å². The molecule has 0 radical (unpaired) electrons. The molecule has 10 heteroatoms. The summed E-state index contributed by atoms with van der Waals surface area (Å²) in [5, 5.41) is 10.4. The van der Waals surface area contributed by atoms with Gasteiger partial charge in [-0.15, -0.1) is 0 Å². The highest BCUT2D eigenvalue weighted by atomic mass is 16.6. The molecule has 6 atom stereocenters. The fraction of sp³-hybridized carbons (Fsp3) is 0.750. The van der Waals surface area contributed by atoms with Crippen molar-refractivity contribution in [3.05, 3.63) is 24.3 Å². The van der Waals surface area contributed by atoms with E-state index in [1.165, 1.54) is 4.90 Å². The van der Waals surface area contributed by atoms with E-state index in [-0.39, 0.29) is 24.3 Å². The number of aliphatic hydroxyl groups excluding tert-OH is 1. The molecular formula is C28H41N3O7. The fourth-order valence-corrected chi connectivity index (χ4v) is 6.67. The van der Waals surface area contributed by atoms with Gasteiger partial charge >= 0.3 is 5.97 Å². The third-order valence-corrected chi connectivity index (χ3v) is 8.73. The maximum atomic E-state index is 14.3. The maximum Gasteiger partial charge on any atom is 0.312 e. The zero-order valence-electron chi connectivity index (χ0n) is 22.5. The van der Waals surface area contributed by atoms with Crippen LogP contribution in [0.15, 0.2) is 24.3 Å². The van der Waals surface area contributed by atoms with Crippen molar-refractivity contribution < 1.29 is 33.7 Å². The number of cyclic esters (lactones) is 1. The second-order valence-electron chi connectivity index (χ2n) is 11.3. The van der Waals surface area contributed by atoms with Crippen molar-refractivity contribution in [3.63, 3.8) is 0 Å². The van der Waals surface area contributed by atoms with E-state index < -0.39 is 41.6 Å². The first-order chi connectivity index (χ1) is 18.4. The van der Waals surface area contributed by atoms with Crippen LogP contribution in [-0.2, 0) is 28.6 Å².